The van der Waals surface area contributed by atoms with Crippen molar-refractivity contribution < 1.29 is 28.8 Å². The lowest BCUT2D eigenvalue weighted by atomic mass is 9.93. The number of benzene rings is 3. The molecule has 1 atom stereocenters. The fourth-order valence-electron chi connectivity index (χ4n) is 3.68. The number of anilines is 1. The van der Waals surface area contributed by atoms with Crippen molar-refractivity contribution in [1.82, 2.24) is 0 Å². The van der Waals surface area contributed by atoms with E-state index in [0.717, 1.165) is 5.56 Å². The van der Waals surface area contributed by atoms with Gasteiger partial charge < -0.3 is 14.8 Å². The van der Waals surface area contributed by atoms with E-state index in [0.29, 0.717) is 28.8 Å². The molecule has 172 valence electrons. The van der Waals surface area contributed by atoms with Gasteiger partial charge in [0.1, 0.15) is 6.10 Å². The SMILES string of the molecule is Cc1cc([N+](=O)[O-])ccc1NC(=O)COC(=O)c1ccc2c(c1)CC(c1ccccc1)OC2=O. The lowest BCUT2D eigenvalue weighted by molar-refractivity contribution is -0.384. The van der Waals surface area contributed by atoms with E-state index in [-0.39, 0.29) is 11.3 Å². The van der Waals surface area contributed by atoms with Crippen LogP contribution in [0, 0.1) is 17.0 Å². The number of non-ortho nitro benzene ring substituents is 1. The van der Waals surface area contributed by atoms with Crippen LogP contribution < -0.4 is 5.32 Å². The highest BCUT2D eigenvalue weighted by Crippen LogP contribution is 2.31. The van der Waals surface area contributed by atoms with Gasteiger partial charge in [0.2, 0.25) is 0 Å². The maximum atomic E-state index is 12.5. The van der Waals surface area contributed by atoms with Crippen LogP contribution in [0.15, 0.2) is 66.7 Å². The third kappa shape index (κ3) is 4.93. The van der Waals surface area contributed by atoms with Gasteiger partial charge >= 0.3 is 11.9 Å². The largest absolute Gasteiger partial charge is 0.454 e. The Morgan fingerprint density at radius 2 is 1.88 bits per heavy atom. The van der Waals surface area contributed by atoms with Crippen LogP contribution in [0.1, 0.15) is 43.5 Å². The second-order valence-electron chi connectivity index (χ2n) is 7.76. The third-order valence-corrected chi connectivity index (χ3v) is 5.42. The maximum absolute atomic E-state index is 12.5. The second kappa shape index (κ2) is 9.53. The van der Waals surface area contributed by atoms with Crippen molar-refractivity contribution in [2.24, 2.45) is 0 Å². The Balaban J connectivity index is 1.40. The first kappa shape index (κ1) is 22.7. The van der Waals surface area contributed by atoms with Crippen molar-refractivity contribution in [2.75, 3.05) is 11.9 Å². The van der Waals surface area contributed by atoms with Gasteiger partial charge in [-0.15, -0.1) is 0 Å². The highest BCUT2D eigenvalue weighted by atomic mass is 16.6. The minimum absolute atomic E-state index is 0.0901. The van der Waals surface area contributed by atoms with E-state index in [1.54, 1.807) is 13.0 Å². The molecule has 1 N–H and O–H groups in total. The first-order valence-corrected chi connectivity index (χ1v) is 10.4. The van der Waals surface area contributed by atoms with Gasteiger partial charge in [-0.05, 0) is 47.9 Å². The van der Waals surface area contributed by atoms with Crippen LogP contribution in [0.3, 0.4) is 0 Å². The number of aryl methyl sites for hydroxylation is 1. The van der Waals surface area contributed by atoms with Gasteiger partial charge in [-0.3, -0.25) is 14.9 Å². The molecule has 3 aromatic rings. The van der Waals surface area contributed by atoms with Gasteiger partial charge in [0.25, 0.3) is 11.6 Å². The molecular weight excluding hydrogens is 440 g/mol. The molecule has 34 heavy (non-hydrogen) atoms. The van der Waals surface area contributed by atoms with Crippen LogP contribution in [0.5, 0.6) is 0 Å². The smallest absolute Gasteiger partial charge is 0.339 e. The van der Waals surface area contributed by atoms with Crippen LogP contribution >= 0.6 is 0 Å². The van der Waals surface area contributed by atoms with E-state index in [2.05, 4.69) is 5.32 Å². The van der Waals surface area contributed by atoms with Crippen molar-refractivity contribution >= 4 is 29.2 Å². The molecule has 0 saturated heterocycles. The van der Waals surface area contributed by atoms with Crippen LogP contribution in [0.2, 0.25) is 0 Å². The van der Waals surface area contributed by atoms with E-state index < -0.39 is 35.5 Å². The molecule has 0 radical (unpaired) electrons. The van der Waals surface area contributed by atoms with Crippen molar-refractivity contribution in [2.45, 2.75) is 19.4 Å². The average molecular weight is 460 g/mol. The van der Waals surface area contributed by atoms with E-state index in [1.807, 2.05) is 30.3 Å². The minimum atomic E-state index is -0.714. The predicted octanol–water partition coefficient (Wildman–Crippen LogP) is 4.15. The Bertz CT molecular complexity index is 1290. The molecule has 0 bridgehead atoms. The molecule has 0 aliphatic carbocycles. The van der Waals surface area contributed by atoms with Crippen LogP contribution in [-0.4, -0.2) is 29.4 Å². The predicted molar refractivity (Wildman–Crippen MR) is 121 cm³/mol. The van der Waals surface area contributed by atoms with Crippen molar-refractivity contribution in [1.29, 1.82) is 0 Å². The average Bonchev–Trinajstić information content (AvgIpc) is 2.83. The van der Waals surface area contributed by atoms with Gasteiger partial charge in [0.15, 0.2) is 6.61 Å². The minimum Gasteiger partial charge on any atom is -0.454 e. The number of nitrogens with one attached hydrogen (secondary N) is 1. The number of carbonyl (C=O) groups is 3. The summed E-state index contributed by atoms with van der Waals surface area (Å²) in [6.07, 6.45) is -0.0465. The molecule has 0 aromatic heterocycles. The molecule has 1 unspecified atom stereocenters. The summed E-state index contributed by atoms with van der Waals surface area (Å²) in [5.74, 6) is -1.77. The molecule has 1 heterocycles. The molecule has 1 amide bonds. The maximum Gasteiger partial charge on any atom is 0.339 e. The van der Waals surface area contributed by atoms with Crippen molar-refractivity contribution in [3.05, 3.63) is 105 Å². The Morgan fingerprint density at radius 1 is 1.12 bits per heavy atom. The Labute approximate surface area is 194 Å². The molecule has 4 rings (SSSR count). The topological polar surface area (TPSA) is 125 Å². The Kier molecular flexibility index (Phi) is 6.35. The van der Waals surface area contributed by atoms with E-state index in [1.165, 1.54) is 30.3 Å². The molecule has 0 fully saturated rings. The number of amides is 1. The van der Waals surface area contributed by atoms with Gasteiger partial charge in [-0.25, -0.2) is 9.59 Å². The van der Waals surface area contributed by atoms with Crippen molar-refractivity contribution in [3.8, 4) is 0 Å². The molecule has 0 saturated carbocycles. The fourth-order valence-corrected chi connectivity index (χ4v) is 3.68. The highest BCUT2D eigenvalue weighted by Gasteiger charge is 2.28. The van der Waals surface area contributed by atoms with Crippen LogP contribution in [0.25, 0.3) is 0 Å². The molecule has 1 aliphatic rings. The standard InChI is InChI=1S/C25H20N2O7/c1-15-11-19(27(31)32)8-10-21(15)26-23(28)14-33-24(29)17-7-9-20-18(12-17)13-22(34-25(20)30)16-5-3-2-4-6-16/h2-12,22H,13-14H2,1H3,(H,26,28). The Hall–Kier alpha value is -4.53. The zero-order valence-electron chi connectivity index (χ0n) is 18.1. The number of esters is 2. The first-order valence-electron chi connectivity index (χ1n) is 10.4. The van der Waals surface area contributed by atoms with Crippen LogP contribution in [-0.2, 0) is 20.7 Å². The third-order valence-electron chi connectivity index (χ3n) is 5.42. The number of fused-ring (bicyclic) bond motifs is 1. The molecule has 3 aromatic carbocycles. The van der Waals surface area contributed by atoms with Gasteiger partial charge in [0.05, 0.1) is 16.1 Å². The summed E-state index contributed by atoms with van der Waals surface area (Å²) in [6, 6.07) is 17.9. The summed E-state index contributed by atoms with van der Waals surface area (Å²) in [6.45, 7) is 1.08. The summed E-state index contributed by atoms with van der Waals surface area (Å²) in [5.41, 5.74) is 2.90. The zero-order chi connectivity index (χ0) is 24.2. The quantitative estimate of drug-likeness (QED) is 0.333. The Morgan fingerprint density at radius 3 is 2.59 bits per heavy atom. The summed E-state index contributed by atoms with van der Waals surface area (Å²) >= 11 is 0. The highest BCUT2D eigenvalue weighted by molar-refractivity contribution is 5.98. The van der Waals surface area contributed by atoms with E-state index in [4.69, 9.17) is 9.47 Å². The number of cyclic esters (lactones) is 1. The van der Waals surface area contributed by atoms with Crippen molar-refractivity contribution in [3.63, 3.8) is 0 Å². The van der Waals surface area contributed by atoms with Gasteiger partial charge in [0, 0.05) is 24.2 Å². The number of hydrogen-bond acceptors (Lipinski definition) is 7. The molecule has 9 nitrogen and oxygen atoms in total. The molecule has 0 spiro atoms. The van der Waals surface area contributed by atoms with Gasteiger partial charge in [-0.1, -0.05) is 30.3 Å². The lowest BCUT2D eigenvalue weighted by Crippen LogP contribution is -2.23. The summed E-state index contributed by atoms with van der Waals surface area (Å²) in [4.78, 5) is 47.4. The summed E-state index contributed by atoms with van der Waals surface area (Å²) in [7, 11) is 0. The van der Waals surface area contributed by atoms with E-state index >= 15 is 0 Å². The van der Waals surface area contributed by atoms with Crippen LogP contribution in [0.4, 0.5) is 11.4 Å². The fraction of sp³-hybridized carbons (Fsp3) is 0.160. The second-order valence-corrected chi connectivity index (χ2v) is 7.76. The summed E-state index contributed by atoms with van der Waals surface area (Å²) in [5, 5.41) is 13.4. The molecular formula is C25H20N2O7. The number of rotatable bonds is 6. The molecule has 1 aliphatic heterocycles. The molecule has 9 heteroatoms. The number of ether oxygens (including phenoxy) is 2. The number of hydrogen-bond donors (Lipinski definition) is 1. The van der Waals surface area contributed by atoms with E-state index in [9.17, 15) is 24.5 Å². The number of nitro benzene ring substituents is 1. The first-order chi connectivity index (χ1) is 16.3. The number of carbonyl (C=O) groups excluding carboxylic acids is 3. The number of nitro groups is 1. The lowest BCUT2D eigenvalue weighted by Gasteiger charge is -2.25. The summed E-state index contributed by atoms with van der Waals surface area (Å²) < 4.78 is 10.6. The monoisotopic (exact) mass is 460 g/mol. The number of nitrogens with zero attached hydrogens (tertiary/aromatic N) is 1. The van der Waals surface area contributed by atoms with Gasteiger partial charge in [-0.2, -0.15) is 0 Å². The zero-order valence-corrected chi connectivity index (χ0v) is 18.1. The normalized spacial score (nSPS) is 14.5.